The van der Waals surface area contributed by atoms with Gasteiger partial charge in [-0.1, -0.05) is 12.1 Å². The molecule has 1 saturated carbocycles. The number of anilines is 3. The standard InChI is InChI=1S/C36H47N9O3/c1-2-48-34(47)22-44-26-11-12-27(44)19-42(18-26)25-9-7-23(8-10-25)24-16-38-36(39-17-24)45-28-13-14-29(45)21-43(20-28)32-15-31(40-41-35(32)37)30-5-3-4-6-33(30)46/h3-6,15-17,23,25-29,46H,2,7-14,18-22H2,1H3,(H2,37,41)/t23?,25?,26?,27?,28-,29-/m1/s1. The Kier molecular flexibility index (Phi) is 8.54. The SMILES string of the molecule is CCOC(=O)CN1C2CCC1CN(C1CCC(c3cnc(N4[C@@H]5CC[C@@H]4CN(c4cc(-c6ccccc6O)nnc4N)C5)nc3)CC1)C2. The van der Waals surface area contributed by atoms with Gasteiger partial charge in [0.2, 0.25) is 5.95 Å². The van der Waals surface area contributed by atoms with Gasteiger partial charge in [0.05, 0.1) is 24.5 Å². The smallest absolute Gasteiger partial charge is 0.320 e. The van der Waals surface area contributed by atoms with Gasteiger partial charge in [0.1, 0.15) is 5.75 Å². The summed E-state index contributed by atoms with van der Waals surface area (Å²) in [6, 6.07) is 11.3. The number of nitrogens with zero attached hydrogens (tertiary/aromatic N) is 8. The highest BCUT2D eigenvalue weighted by Crippen LogP contribution is 2.40. The molecule has 12 nitrogen and oxygen atoms in total. The van der Waals surface area contributed by atoms with Crippen LogP contribution in [0.1, 0.15) is 69.8 Å². The van der Waals surface area contributed by atoms with Crippen molar-refractivity contribution >= 4 is 23.4 Å². The first-order valence-corrected chi connectivity index (χ1v) is 17.9. The average Bonchev–Trinajstić information content (AvgIpc) is 3.49. The molecule has 5 fully saturated rings. The monoisotopic (exact) mass is 653 g/mol. The molecule has 2 aromatic heterocycles. The van der Waals surface area contributed by atoms with E-state index in [1.54, 1.807) is 12.1 Å². The van der Waals surface area contributed by atoms with Crippen molar-refractivity contribution in [2.24, 2.45) is 0 Å². The topological polar surface area (TPSA) is 137 Å². The summed E-state index contributed by atoms with van der Waals surface area (Å²) in [7, 11) is 0. The summed E-state index contributed by atoms with van der Waals surface area (Å²) in [5.41, 5.74) is 9.72. The zero-order valence-corrected chi connectivity index (χ0v) is 27.8. The Balaban J connectivity index is 0.873. The molecule has 1 aromatic carbocycles. The molecule has 0 spiro atoms. The van der Waals surface area contributed by atoms with Gasteiger partial charge in [-0.3, -0.25) is 14.6 Å². The number of fused-ring (bicyclic) bond motifs is 4. The first-order valence-electron chi connectivity index (χ1n) is 17.9. The van der Waals surface area contributed by atoms with Gasteiger partial charge in [0.25, 0.3) is 0 Å². The van der Waals surface area contributed by atoms with Crippen LogP contribution in [0, 0.1) is 0 Å². The Morgan fingerprint density at radius 1 is 0.875 bits per heavy atom. The van der Waals surface area contributed by atoms with Crippen molar-refractivity contribution in [1.29, 1.82) is 0 Å². The molecule has 0 amide bonds. The maximum Gasteiger partial charge on any atom is 0.320 e. The van der Waals surface area contributed by atoms with E-state index in [1.807, 2.05) is 25.1 Å². The van der Waals surface area contributed by atoms with Gasteiger partial charge in [-0.25, -0.2) is 9.97 Å². The van der Waals surface area contributed by atoms with Gasteiger partial charge in [-0.05, 0) is 88.0 Å². The highest BCUT2D eigenvalue weighted by Gasteiger charge is 2.44. The number of hydrogen-bond donors (Lipinski definition) is 2. The second kappa shape index (κ2) is 13.1. The van der Waals surface area contributed by atoms with Crippen LogP contribution in [0.25, 0.3) is 11.3 Å². The molecule has 2 unspecified atom stereocenters. The van der Waals surface area contributed by atoms with Crippen molar-refractivity contribution in [2.75, 3.05) is 54.9 Å². The van der Waals surface area contributed by atoms with Gasteiger partial charge in [-0.15, -0.1) is 10.2 Å². The number of likely N-dealkylation sites (tertiary alicyclic amines) is 1. The van der Waals surface area contributed by atoms with Crippen molar-refractivity contribution in [3.63, 3.8) is 0 Å². The quantitative estimate of drug-likeness (QED) is 0.342. The summed E-state index contributed by atoms with van der Waals surface area (Å²) < 4.78 is 5.24. The first kappa shape index (κ1) is 31.3. The fourth-order valence-electron chi connectivity index (χ4n) is 9.28. The number of nitrogens with two attached hydrogens (primary N) is 1. The lowest BCUT2D eigenvalue weighted by Gasteiger charge is -2.45. The molecular weight excluding hydrogens is 606 g/mol. The fourth-order valence-corrected chi connectivity index (χ4v) is 9.28. The molecule has 254 valence electrons. The Hall–Kier alpha value is -4.03. The lowest BCUT2D eigenvalue weighted by molar-refractivity contribution is -0.146. The van der Waals surface area contributed by atoms with Gasteiger partial charge in [-0.2, -0.15) is 0 Å². The summed E-state index contributed by atoms with van der Waals surface area (Å²) >= 11 is 0. The third-order valence-electron chi connectivity index (χ3n) is 11.7. The molecule has 4 atom stereocenters. The molecule has 4 bridgehead atoms. The molecule has 12 heteroatoms. The summed E-state index contributed by atoms with van der Waals surface area (Å²) in [5, 5.41) is 18.9. The van der Waals surface area contributed by atoms with Gasteiger partial charge in [0, 0.05) is 74.3 Å². The normalized spacial score (nSPS) is 28.9. The predicted molar refractivity (Wildman–Crippen MR) is 184 cm³/mol. The second-order valence-electron chi connectivity index (χ2n) is 14.4. The summed E-state index contributed by atoms with van der Waals surface area (Å²) in [4.78, 5) is 31.9. The zero-order chi connectivity index (χ0) is 32.8. The number of hydrogen-bond acceptors (Lipinski definition) is 12. The fraction of sp³-hybridized carbons (Fsp3) is 0.583. The molecule has 4 aliphatic heterocycles. The van der Waals surface area contributed by atoms with Gasteiger partial charge < -0.3 is 25.4 Å². The minimum atomic E-state index is -0.0839. The summed E-state index contributed by atoms with van der Waals surface area (Å²) in [6.07, 6.45) is 13.4. The van der Waals surface area contributed by atoms with E-state index in [1.165, 1.54) is 44.1 Å². The number of rotatable bonds is 8. The van der Waals surface area contributed by atoms with Gasteiger partial charge in [0.15, 0.2) is 5.82 Å². The van der Waals surface area contributed by atoms with Crippen LogP contribution in [-0.4, -0.2) is 111 Å². The summed E-state index contributed by atoms with van der Waals surface area (Å²) in [6.45, 7) is 6.52. The number of aromatic nitrogens is 4. The molecule has 8 rings (SSSR count). The van der Waals surface area contributed by atoms with E-state index in [4.69, 9.17) is 20.4 Å². The Morgan fingerprint density at radius 2 is 1.52 bits per heavy atom. The number of esters is 1. The number of ether oxygens (including phenoxy) is 1. The molecule has 3 aromatic rings. The van der Waals surface area contributed by atoms with Crippen molar-refractivity contribution in [1.82, 2.24) is 30.0 Å². The number of benzene rings is 1. The maximum atomic E-state index is 12.2. The molecule has 6 heterocycles. The maximum absolute atomic E-state index is 12.2. The zero-order valence-electron chi connectivity index (χ0n) is 27.8. The van der Waals surface area contributed by atoms with Crippen molar-refractivity contribution in [3.8, 4) is 17.0 Å². The molecule has 48 heavy (non-hydrogen) atoms. The van der Waals surface area contributed by atoms with Crippen LogP contribution >= 0.6 is 0 Å². The van der Waals surface area contributed by atoms with E-state index >= 15 is 0 Å². The number of para-hydroxylation sites is 1. The van der Waals surface area contributed by atoms with Crippen LogP contribution in [-0.2, 0) is 9.53 Å². The molecule has 4 saturated heterocycles. The molecular formula is C36H47N9O3. The largest absolute Gasteiger partial charge is 0.507 e. The third kappa shape index (κ3) is 5.93. The number of carbonyl (C=O) groups excluding carboxylic acids is 1. The number of nitrogen functional groups attached to an aromatic ring is 1. The number of aromatic hydroxyl groups is 1. The molecule has 5 aliphatic rings. The lowest BCUT2D eigenvalue weighted by atomic mass is 9.82. The minimum Gasteiger partial charge on any atom is -0.507 e. The van der Waals surface area contributed by atoms with E-state index in [9.17, 15) is 9.90 Å². The highest BCUT2D eigenvalue weighted by molar-refractivity contribution is 5.74. The van der Waals surface area contributed by atoms with E-state index in [0.29, 0.717) is 66.4 Å². The molecule has 3 N–H and O–H groups in total. The van der Waals surface area contributed by atoms with Crippen molar-refractivity contribution in [2.45, 2.75) is 94.4 Å². The first-order chi connectivity index (χ1) is 23.4. The van der Waals surface area contributed by atoms with Crippen molar-refractivity contribution < 1.29 is 14.6 Å². The molecule has 1 aliphatic carbocycles. The van der Waals surface area contributed by atoms with E-state index in [0.717, 1.165) is 50.7 Å². The second-order valence-corrected chi connectivity index (χ2v) is 14.4. The van der Waals surface area contributed by atoms with Gasteiger partial charge >= 0.3 is 5.97 Å². The Bertz CT molecular complexity index is 1590. The number of piperazine rings is 2. The highest BCUT2D eigenvalue weighted by atomic mass is 16.5. The summed E-state index contributed by atoms with van der Waals surface area (Å²) in [5.74, 6) is 1.83. The lowest BCUT2D eigenvalue weighted by Crippen LogP contribution is -2.57. The number of phenols is 1. The Labute approximate surface area is 282 Å². The van der Waals surface area contributed by atoms with Crippen LogP contribution in [0.2, 0.25) is 0 Å². The van der Waals surface area contributed by atoms with Crippen LogP contribution in [0.4, 0.5) is 17.5 Å². The van der Waals surface area contributed by atoms with E-state index in [-0.39, 0.29) is 11.7 Å². The van der Waals surface area contributed by atoms with E-state index < -0.39 is 0 Å². The van der Waals surface area contributed by atoms with Crippen molar-refractivity contribution in [3.05, 3.63) is 48.3 Å². The van der Waals surface area contributed by atoms with Crippen LogP contribution in [0.15, 0.2) is 42.7 Å². The minimum absolute atomic E-state index is 0.0839. The third-order valence-corrected chi connectivity index (χ3v) is 11.7. The van der Waals surface area contributed by atoms with E-state index in [2.05, 4.69) is 42.2 Å². The number of phenolic OH excluding ortho intramolecular Hbond substituents is 1. The van der Waals surface area contributed by atoms with Crippen LogP contribution in [0.5, 0.6) is 5.75 Å². The van der Waals surface area contributed by atoms with Crippen LogP contribution < -0.4 is 15.5 Å². The van der Waals surface area contributed by atoms with Crippen LogP contribution in [0.3, 0.4) is 0 Å². The average molecular weight is 654 g/mol. The Morgan fingerprint density at radius 3 is 2.19 bits per heavy atom. The predicted octanol–water partition coefficient (Wildman–Crippen LogP) is 3.82. The number of carbonyl (C=O) groups is 1. The molecule has 0 radical (unpaired) electrons.